The first-order valence-electron chi connectivity index (χ1n) is 21.9. The lowest BCUT2D eigenvalue weighted by molar-refractivity contribution is -0.131. The number of fused-ring (bicyclic) bond motifs is 5. The van der Waals surface area contributed by atoms with E-state index in [-0.39, 0.29) is 49.7 Å². The normalized spacial score (nSPS) is 23.7. The summed E-state index contributed by atoms with van der Waals surface area (Å²) in [5, 5.41) is 16.3. The quantitative estimate of drug-likeness (QED) is 0.0765. The number of hydrogen-bond acceptors (Lipinski definition) is 10. The Balaban J connectivity index is 1.01. The second-order valence-electron chi connectivity index (χ2n) is 17.5. The van der Waals surface area contributed by atoms with E-state index in [0.717, 1.165) is 37.2 Å². The highest BCUT2D eigenvalue weighted by Gasteiger charge is 2.68. The van der Waals surface area contributed by atoms with Crippen LogP contribution in [0.4, 0.5) is 11.5 Å². The second-order valence-corrected chi connectivity index (χ2v) is 19.0. The van der Waals surface area contributed by atoms with Gasteiger partial charge >= 0.3 is 0 Å². The van der Waals surface area contributed by atoms with Crippen molar-refractivity contribution in [1.29, 1.82) is 0 Å². The average molecular weight is 923 g/mol. The summed E-state index contributed by atoms with van der Waals surface area (Å²) < 4.78 is 19.7. The lowest BCUT2D eigenvalue weighted by Crippen LogP contribution is -2.49. The number of benzene rings is 4. The third-order valence-electron chi connectivity index (χ3n) is 14.1. The van der Waals surface area contributed by atoms with Crippen molar-refractivity contribution in [3.05, 3.63) is 130 Å². The van der Waals surface area contributed by atoms with E-state index >= 15 is 9.59 Å². The van der Waals surface area contributed by atoms with E-state index in [4.69, 9.17) is 30.9 Å². The second kappa shape index (κ2) is 16.7. The van der Waals surface area contributed by atoms with Crippen molar-refractivity contribution in [2.75, 3.05) is 37.2 Å². The number of rotatable bonds is 11. The Bertz CT molecular complexity index is 3050. The van der Waals surface area contributed by atoms with Gasteiger partial charge in [-0.1, -0.05) is 65.7 Å². The Morgan fingerprint density at radius 2 is 1.67 bits per heavy atom. The summed E-state index contributed by atoms with van der Waals surface area (Å²) in [4.78, 5) is 63.3. The summed E-state index contributed by atoms with van der Waals surface area (Å²) in [6.45, 7) is 3.65. The molecule has 4 aliphatic rings. The van der Waals surface area contributed by atoms with Gasteiger partial charge in [0, 0.05) is 39.9 Å². The van der Waals surface area contributed by atoms with E-state index in [1.165, 1.54) is 9.80 Å². The molecule has 2 saturated heterocycles. The lowest BCUT2D eigenvalue weighted by atomic mass is 9.51. The zero-order valence-electron chi connectivity index (χ0n) is 37.0. The number of nitrogens with zero attached hydrogens (tertiary/aromatic N) is 4. The maximum absolute atomic E-state index is 15.4. The minimum Gasteiger partial charge on any atom is -0.497 e. The van der Waals surface area contributed by atoms with E-state index < -0.39 is 35.0 Å². The molecule has 2 aliphatic carbocycles. The molecule has 66 heavy (non-hydrogen) atoms. The molecule has 2 aliphatic heterocycles. The zero-order valence-corrected chi connectivity index (χ0v) is 38.6. The fourth-order valence-electron chi connectivity index (χ4n) is 10.9. The largest absolute Gasteiger partial charge is 0.497 e. The number of thiophene rings is 1. The summed E-state index contributed by atoms with van der Waals surface area (Å²) in [6, 6.07) is 27.7. The number of hydrogen-bond donors (Lipinski definition) is 1. The number of amides is 4. The van der Waals surface area contributed by atoms with Gasteiger partial charge in [0.05, 0.1) is 54.6 Å². The minimum absolute atomic E-state index is 0.0168. The van der Waals surface area contributed by atoms with Crippen LogP contribution in [-0.2, 0) is 26.2 Å². The summed E-state index contributed by atoms with van der Waals surface area (Å²) >= 11 is 7.93. The van der Waals surface area contributed by atoms with Crippen LogP contribution in [0.25, 0.3) is 32.8 Å². The van der Waals surface area contributed by atoms with E-state index in [9.17, 15) is 14.7 Å². The van der Waals surface area contributed by atoms with Crippen molar-refractivity contribution in [2.24, 2.45) is 36.1 Å². The van der Waals surface area contributed by atoms with Crippen molar-refractivity contribution in [3.8, 4) is 27.8 Å². The van der Waals surface area contributed by atoms with Crippen LogP contribution in [0.1, 0.15) is 47.9 Å². The molecule has 12 nitrogen and oxygen atoms in total. The van der Waals surface area contributed by atoms with Crippen molar-refractivity contribution in [2.45, 2.75) is 32.6 Å². The smallest absolute Gasteiger partial charge is 0.242 e. The van der Waals surface area contributed by atoms with Crippen molar-refractivity contribution in [1.82, 2.24) is 9.78 Å². The topological polar surface area (TPSA) is 140 Å². The number of aliphatic hydroxyl groups excluding tert-OH is 1. The molecule has 336 valence electrons. The molecule has 4 heterocycles. The molecule has 4 amide bonds. The van der Waals surface area contributed by atoms with Crippen LogP contribution in [-0.4, -0.2) is 65.9 Å². The number of anilines is 2. The number of aryl methyl sites for hydroxylation is 2. The highest BCUT2D eigenvalue weighted by atomic mass is 35.5. The van der Waals surface area contributed by atoms with Crippen LogP contribution in [0.2, 0.25) is 5.02 Å². The molecule has 4 aromatic carbocycles. The molecule has 0 bridgehead atoms. The Labute approximate surface area is 390 Å². The first-order valence-corrected chi connectivity index (χ1v) is 23.1. The number of allylic oxidation sites excluding steroid dienone is 2. The summed E-state index contributed by atoms with van der Waals surface area (Å²) in [7, 11) is 4.94. The van der Waals surface area contributed by atoms with Crippen LogP contribution in [0, 0.1) is 36.0 Å². The molecule has 10 rings (SSSR count). The van der Waals surface area contributed by atoms with Gasteiger partial charge in [-0.05, 0) is 104 Å². The molecular weight excluding hydrogens is 876 g/mol. The molecule has 6 atom stereocenters. The number of halogens is 1. The monoisotopic (exact) mass is 922 g/mol. The van der Waals surface area contributed by atoms with Gasteiger partial charge in [-0.3, -0.25) is 28.8 Å². The summed E-state index contributed by atoms with van der Waals surface area (Å²) in [6.07, 6.45) is 6.33. The molecule has 0 radical (unpaired) electrons. The zero-order chi connectivity index (χ0) is 46.2. The van der Waals surface area contributed by atoms with Gasteiger partial charge in [0.15, 0.2) is 0 Å². The summed E-state index contributed by atoms with van der Waals surface area (Å²) in [5.41, 5.74) is 3.94. The van der Waals surface area contributed by atoms with Gasteiger partial charge in [-0.25, -0.2) is 4.90 Å². The Morgan fingerprint density at radius 3 is 2.42 bits per heavy atom. The minimum atomic E-state index is -1.32. The van der Waals surface area contributed by atoms with Gasteiger partial charge in [0.25, 0.3) is 0 Å². The number of carbonyl (C=O) groups excluding carboxylic acids is 4. The highest BCUT2D eigenvalue weighted by Crippen LogP contribution is 2.64. The van der Waals surface area contributed by atoms with Crippen molar-refractivity contribution >= 4 is 80.3 Å². The number of carbonyl (C=O) groups is 4. The third-order valence-corrected chi connectivity index (χ3v) is 15.6. The van der Waals surface area contributed by atoms with Gasteiger partial charge < -0.3 is 19.3 Å². The van der Waals surface area contributed by atoms with Crippen LogP contribution in [0.3, 0.4) is 0 Å². The van der Waals surface area contributed by atoms with Gasteiger partial charge in [0.2, 0.25) is 23.6 Å². The Hall–Kier alpha value is -6.54. The molecule has 0 spiro atoms. The number of aromatic nitrogens is 2. The number of methoxy groups -OCH3 is 2. The molecule has 1 N–H and O–H groups in total. The van der Waals surface area contributed by atoms with Gasteiger partial charge in [-0.2, -0.15) is 5.10 Å². The Morgan fingerprint density at radius 1 is 0.879 bits per heavy atom. The number of ether oxygens (including phenoxy) is 3. The van der Waals surface area contributed by atoms with Gasteiger partial charge in [-0.15, -0.1) is 11.3 Å². The molecule has 6 aromatic rings. The van der Waals surface area contributed by atoms with Crippen LogP contribution in [0.5, 0.6) is 17.2 Å². The van der Waals surface area contributed by atoms with E-state index in [0.29, 0.717) is 45.0 Å². The van der Waals surface area contributed by atoms with E-state index in [1.807, 2.05) is 98.8 Å². The summed E-state index contributed by atoms with van der Waals surface area (Å²) in [5.74, 6) is -2.73. The van der Waals surface area contributed by atoms with Crippen LogP contribution in [0.15, 0.2) is 103 Å². The predicted molar refractivity (Wildman–Crippen MR) is 255 cm³/mol. The van der Waals surface area contributed by atoms with E-state index in [2.05, 4.69) is 0 Å². The molecule has 3 fully saturated rings. The number of aliphatic hydroxyl groups is 1. The van der Waals surface area contributed by atoms with Crippen LogP contribution < -0.4 is 24.0 Å². The molecule has 6 unspecified atom stereocenters. The standard InChI is InChI=1S/C52H47ClN4O8S/c1-28-37-25-31(53)14-21-43(37)66-47(28)40-27-44(55(3)54-40)57-49(60)39-26-38-34(46(52(39,2)51(57)62)35-8-6-7-9-42(35)65-23-22-58)18-19-36-45(38)50(61)56(48(36)59)32-15-11-29(12-16-32)10-13-30-24-33(63-4)17-20-41(30)64-5/h6-18,20-21,24-25,27,36,38-39,45-46,58H,19,22-23,26H2,1-5H3. The molecular formula is C52H47ClN4O8S. The maximum Gasteiger partial charge on any atom is 0.242 e. The Kier molecular flexibility index (Phi) is 11.0. The van der Waals surface area contributed by atoms with Crippen LogP contribution >= 0.6 is 22.9 Å². The highest BCUT2D eigenvalue weighted by molar-refractivity contribution is 7.22. The average Bonchev–Trinajstić information content (AvgIpc) is 4.00. The van der Waals surface area contributed by atoms with Gasteiger partial charge in [0.1, 0.15) is 35.4 Å². The lowest BCUT2D eigenvalue weighted by Gasteiger charge is -2.49. The first kappa shape index (κ1) is 43.4. The number of para-hydroxylation sites is 1. The maximum atomic E-state index is 15.4. The van der Waals surface area contributed by atoms with Crippen molar-refractivity contribution in [3.63, 3.8) is 0 Å². The fraction of sp³-hybridized carbons (Fsp3) is 0.288. The fourth-order valence-corrected chi connectivity index (χ4v) is 12.3. The molecule has 1 saturated carbocycles. The number of imide groups is 2. The molecule has 14 heteroatoms. The SMILES string of the molecule is COc1ccc(OC)c(C=Cc2ccc(N3C(=O)C4CC=C5C(CC6C(=O)N(c7cc(-c8sc9ccc(Cl)cc9c8C)nn7C)C(=O)C6(C)C5c5ccccc5OCCO)C4C3=O)cc2)c1. The van der Waals surface area contributed by atoms with E-state index in [1.54, 1.807) is 61.6 Å². The predicted octanol–water partition coefficient (Wildman–Crippen LogP) is 9.26. The molecule has 2 aromatic heterocycles. The van der Waals surface area contributed by atoms with Crippen molar-refractivity contribution < 1.29 is 38.5 Å². The first-order chi connectivity index (χ1) is 31.9. The third kappa shape index (κ3) is 6.77.